The molecule has 3 nitrogen and oxygen atoms in total. The van der Waals surface area contributed by atoms with Crippen molar-refractivity contribution in [3.05, 3.63) is 34.3 Å². The summed E-state index contributed by atoms with van der Waals surface area (Å²) < 4.78 is 1.12. The van der Waals surface area contributed by atoms with Gasteiger partial charge in [-0.05, 0) is 58.1 Å². The third-order valence-corrected chi connectivity index (χ3v) is 4.80. The summed E-state index contributed by atoms with van der Waals surface area (Å²) in [5.41, 5.74) is 7.59. The van der Waals surface area contributed by atoms with Gasteiger partial charge in [-0.15, -0.1) is 0 Å². The number of rotatable bonds is 4. The SMILES string of the molecule is CC(N)C(c1cccc(Br)c1)N(C)C1CCCN(C)C1. The van der Waals surface area contributed by atoms with Crippen LogP contribution in [0.5, 0.6) is 0 Å². The molecule has 112 valence electrons. The van der Waals surface area contributed by atoms with Gasteiger partial charge in [-0.3, -0.25) is 4.90 Å². The topological polar surface area (TPSA) is 32.5 Å². The first kappa shape index (κ1) is 16.0. The summed E-state index contributed by atoms with van der Waals surface area (Å²) in [6.45, 7) is 4.45. The summed E-state index contributed by atoms with van der Waals surface area (Å²) in [6, 6.07) is 9.50. The van der Waals surface area contributed by atoms with Crippen molar-refractivity contribution in [1.29, 1.82) is 0 Å². The van der Waals surface area contributed by atoms with E-state index in [-0.39, 0.29) is 12.1 Å². The Hall–Kier alpha value is -0.420. The number of halogens is 1. The highest BCUT2D eigenvalue weighted by molar-refractivity contribution is 9.10. The van der Waals surface area contributed by atoms with E-state index < -0.39 is 0 Å². The van der Waals surface area contributed by atoms with Crippen LogP contribution in [-0.4, -0.2) is 49.1 Å². The number of benzene rings is 1. The summed E-state index contributed by atoms with van der Waals surface area (Å²) in [7, 11) is 4.43. The maximum Gasteiger partial charge on any atom is 0.0497 e. The first-order valence-corrected chi connectivity index (χ1v) is 8.20. The van der Waals surface area contributed by atoms with Gasteiger partial charge in [0.25, 0.3) is 0 Å². The van der Waals surface area contributed by atoms with Crippen LogP contribution >= 0.6 is 15.9 Å². The minimum Gasteiger partial charge on any atom is -0.326 e. The second kappa shape index (κ2) is 7.03. The van der Waals surface area contributed by atoms with E-state index in [0.717, 1.165) is 11.0 Å². The molecule has 0 amide bonds. The predicted octanol–water partition coefficient (Wildman–Crippen LogP) is 2.86. The number of nitrogens with two attached hydrogens (primary N) is 1. The van der Waals surface area contributed by atoms with Crippen LogP contribution in [0.3, 0.4) is 0 Å². The maximum absolute atomic E-state index is 6.29. The van der Waals surface area contributed by atoms with Gasteiger partial charge in [0.1, 0.15) is 0 Å². The molecule has 2 rings (SSSR count). The van der Waals surface area contributed by atoms with Gasteiger partial charge < -0.3 is 10.6 Å². The number of likely N-dealkylation sites (N-methyl/N-ethyl adjacent to an activating group) is 2. The van der Waals surface area contributed by atoms with E-state index in [9.17, 15) is 0 Å². The molecular formula is C16H26BrN3. The number of hydrogen-bond donors (Lipinski definition) is 1. The van der Waals surface area contributed by atoms with E-state index in [2.05, 4.69) is 71.0 Å². The molecular weight excluding hydrogens is 314 g/mol. The molecule has 0 bridgehead atoms. The van der Waals surface area contributed by atoms with Gasteiger partial charge in [0.2, 0.25) is 0 Å². The van der Waals surface area contributed by atoms with Gasteiger partial charge in [-0.1, -0.05) is 28.1 Å². The van der Waals surface area contributed by atoms with Crippen LogP contribution in [0.4, 0.5) is 0 Å². The first-order chi connectivity index (χ1) is 9.49. The van der Waals surface area contributed by atoms with E-state index in [0.29, 0.717) is 6.04 Å². The van der Waals surface area contributed by atoms with Crippen LogP contribution in [0.1, 0.15) is 31.4 Å². The quantitative estimate of drug-likeness (QED) is 0.915. The van der Waals surface area contributed by atoms with Crippen molar-refractivity contribution >= 4 is 15.9 Å². The molecule has 1 aromatic carbocycles. The van der Waals surface area contributed by atoms with Crippen molar-refractivity contribution in [2.24, 2.45) is 5.73 Å². The fourth-order valence-corrected chi connectivity index (χ4v) is 3.72. The monoisotopic (exact) mass is 339 g/mol. The second-order valence-electron chi connectivity index (χ2n) is 6.08. The molecule has 1 aliphatic rings. The second-order valence-corrected chi connectivity index (χ2v) is 7.00. The molecule has 1 aromatic rings. The van der Waals surface area contributed by atoms with Crippen molar-refractivity contribution in [1.82, 2.24) is 9.80 Å². The third-order valence-electron chi connectivity index (χ3n) is 4.30. The lowest BCUT2D eigenvalue weighted by molar-refractivity contribution is 0.0892. The summed E-state index contributed by atoms with van der Waals surface area (Å²) in [5, 5.41) is 0. The van der Waals surface area contributed by atoms with Crippen molar-refractivity contribution in [2.45, 2.75) is 37.9 Å². The van der Waals surface area contributed by atoms with Crippen molar-refractivity contribution < 1.29 is 0 Å². The van der Waals surface area contributed by atoms with E-state index >= 15 is 0 Å². The number of likely N-dealkylation sites (tertiary alicyclic amines) is 1. The predicted molar refractivity (Wildman–Crippen MR) is 88.8 cm³/mol. The van der Waals surface area contributed by atoms with E-state index in [1.807, 2.05) is 0 Å². The Morgan fingerprint density at radius 1 is 1.45 bits per heavy atom. The van der Waals surface area contributed by atoms with Gasteiger partial charge in [0, 0.05) is 29.1 Å². The van der Waals surface area contributed by atoms with E-state index in [4.69, 9.17) is 5.73 Å². The highest BCUT2D eigenvalue weighted by atomic mass is 79.9. The van der Waals surface area contributed by atoms with Gasteiger partial charge >= 0.3 is 0 Å². The Bertz CT molecular complexity index is 435. The average Bonchev–Trinajstić information content (AvgIpc) is 2.38. The lowest BCUT2D eigenvalue weighted by atomic mass is 9.95. The number of nitrogens with zero attached hydrogens (tertiary/aromatic N) is 2. The standard InChI is InChI=1S/C16H26BrN3/c1-12(18)16(13-6-4-7-14(17)10-13)20(3)15-8-5-9-19(2)11-15/h4,6-7,10,12,15-16H,5,8-9,11,18H2,1-3H3. The minimum atomic E-state index is 0.113. The van der Waals surface area contributed by atoms with Crippen molar-refractivity contribution in [3.8, 4) is 0 Å². The Morgan fingerprint density at radius 3 is 2.80 bits per heavy atom. The normalized spacial score (nSPS) is 23.8. The summed E-state index contributed by atoms with van der Waals surface area (Å²) >= 11 is 3.57. The lowest BCUT2D eigenvalue weighted by Crippen LogP contribution is -2.49. The van der Waals surface area contributed by atoms with Crippen LogP contribution in [0.2, 0.25) is 0 Å². The van der Waals surface area contributed by atoms with Gasteiger partial charge in [-0.25, -0.2) is 0 Å². The number of piperidine rings is 1. The molecule has 20 heavy (non-hydrogen) atoms. The molecule has 1 aliphatic heterocycles. The highest BCUT2D eigenvalue weighted by Gasteiger charge is 2.29. The zero-order chi connectivity index (χ0) is 14.7. The summed E-state index contributed by atoms with van der Waals surface area (Å²) in [4.78, 5) is 4.89. The zero-order valence-electron chi connectivity index (χ0n) is 12.7. The first-order valence-electron chi connectivity index (χ1n) is 7.40. The molecule has 0 spiro atoms. The van der Waals surface area contributed by atoms with Crippen LogP contribution in [0.25, 0.3) is 0 Å². The van der Waals surface area contributed by atoms with Crippen molar-refractivity contribution in [3.63, 3.8) is 0 Å². The van der Waals surface area contributed by atoms with Gasteiger partial charge in [-0.2, -0.15) is 0 Å². The number of hydrogen-bond acceptors (Lipinski definition) is 3. The molecule has 0 radical (unpaired) electrons. The molecule has 3 atom stereocenters. The molecule has 2 N–H and O–H groups in total. The average molecular weight is 340 g/mol. The maximum atomic E-state index is 6.29. The molecule has 0 saturated carbocycles. The summed E-state index contributed by atoms with van der Waals surface area (Å²) in [5.74, 6) is 0. The molecule has 0 aliphatic carbocycles. The molecule has 3 unspecified atom stereocenters. The van der Waals surface area contributed by atoms with Crippen LogP contribution in [-0.2, 0) is 0 Å². The molecule has 1 saturated heterocycles. The Balaban J connectivity index is 2.19. The Labute approximate surface area is 131 Å². The summed E-state index contributed by atoms with van der Waals surface area (Å²) in [6.07, 6.45) is 2.54. The fourth-order valence-electron chi connectivity index (χ4n) is 3.30. The van der Waals surface area contributed by atoms with E-state index in [1.54, 1.807) is 0 Å². The third kappa shape index (κ3) is 3.82. The molecule has 1 heterocycles. The van der Waals surface area contributed by atoms with Crippen LogP contribution < -0.4 is 5.73 Å². The fraction of sp³-hybridized carbons (Fsp3) is 0.625. The zero-order valence-corrected chi connectivity index (χ0v) is 14.3. The Morgan fingerprint density at radius 2 is 2.20 bits per heavy atom. The van der Waals surface area contributed by atoms with Crippen LogP contribution in [0, 0.1) is 0 Å². The minimum absolute atomic E-state index is 0.113. The van der Waals surface area contributed by atoms with Crippen molar-refractivity contribution in [2.75, 3.05) is 27.2 Å². The van der Waals surface area contributed by atoms with Gasteiger partial charge in [0.15, 0.2) is 0 Å². The molecule has 0 aromatic heterocycles. The molecule has 1 fully saturated rings. The van der Waals surface area contributed by atoms with Crippen LogP contribution in [0.15, 0.2) is 28.7 Å². The lowest BCUT2D eigenvalue weighted by Gasteiger charge is -2.41. The Kier molecular flexibility index (Phi) is 5.61. The smallest absolute Gasteiger partial charge is 0.0497 e. The van der Waals surface area contributed by atoms with E-state index in [1.165, 1.54) is 24.9 Å². The highest BCUT2D eigenvalue weighted by Crippen LogP contribution is 2.28. The molecule has 4 heteroatoms. The largest absolute Gasteiger partial charge is 0.326 e. The van der Waals surface area contributed by atoms with Gasteiger partial charge in [0.05, 0.1) is 0 Å².